The second-order valence-electron chi connectivity index (χ2n) is 4.97. The average Bonchev–Trinajstić information content (AvgIpc) is 3.13. The van der Waals surface area contributed by atoms with Gasteiger partial charge in [0.2, 0.25) is 11.7 Å². The summed E-state index contributed by atoms with van der Waals surface area (Å²) in [6.45, 7) is 2.36. The summed E-state index contributed by atoms with van der Waals surface area (Å²) in [5.41, 5.74) is 0. The van der Waals surface area contributed by atoms with E-state index in [0.29, 0.717) is 30.7 Å². The number of ether oxygens (including phenoxy) is 2. The summed E-state index contributed by atoms with van der Waals surface area (Å²) < 4.78 is 16.1. The molecule has 18 heavy (non-hydrogen) atoms. The predicted octanol–water partition coefficient (Wildman–Crippen LogP) is 0.698. The third kappa shape index (κ3) is 2.71. The van der Waals surface area contributed by atoms with Crippen LogP contribution in [0.4, 0.5) is 0 Å². The van der Waals surface area contributed by atoms with E-state index >= 15 is 0 Å². The summed E-state index contributed by atoms with van der Waals surface area (Å²) in [4.78, 5) is 4.44. The molecule has 2 aliphatic rings. The molecule has 0 aromatic carbocycles. The predicted molar refractivity (Wildman–Crippen MR) is 63.1 cm³/mol. The fourth-order valence-corrected chi connectivity index (χ4v) is 2.34. The fraction of sp³-hybridized carbons (Fsp3) is 0.833. The first-order chi connectivity index (χ1) is 8.86. The Labute approximate surface area is 106 Å². The Morgan fingerprint density at radius 2 is 2.39 bits per heavy atom. The summed E-state index contributed by atoms with van der Waals surface area (Å²) >= 11 is 0. The first-order valence-corrected chi connectivity index (χ1v) is 6.53. The van der Waals surface area contributed by atoms with Gasteiger partial charge >= 0.3 is 0 Å². The van der Waals surface area contributed by atoms with E-state index < -0.39 is 0 Å². The summed E-state index contributed by atoms with van der Waals surface area (Å²) in [7, 11) is 1.70. The van der Waals surface area contributed by atoms with Crippen molar-refractivity contribution >= 4 is 0 Å². The van der Waals surface area contributed by atoms with Crippen LogP contribution in [0.15, 0.2) is 4.52 Å². The second kappa shape index (κ2) is 5.34. The van der Waals surface area contributed by atoms with Crippen LogP contribution in [0.2, 0.25) is 0 Å². The third-order valence-electron chi connectivity index (χ3n) is 3.46. The molecule has 2 fully saturated rings. The van der Waals surface area contributed by atoms with Crippen molar-refractivity contribution in [2.75, 3.05) is 26.9 Å². The summed E-state index contributed by atoms with van der Waals surface area (Å²) in [6, 6.07) is 0.272. The number of nitrogens with one attached hydrogen (secondary N) is 1. The van der Waals surface area contributed by atoms with Gasteiger partial charge in [0.05, 0.1) is 13.2 Å². The Bertz CT molecular complexity index is 386. The molecule has 1 aliphatic carbocycles. The van der Waals surface area contributed by atoms with Crippen molar-refractivity contribution in [2.45, 2.75) is 31.4 Å². The van der Waals surface area contributed by atoms with Gasteiger partial charge in [-0.05, 0) is 18.8 Å². The van der Waals surface area contributed by atoms with Gasteiger partial charge in [0.15, 0.2) is 0 Å². The highest BCUT2D eigenvalue weighted by Gasteiger charge is 2.35. The molecule has 1 aromatic rings. The molecule has 3 rings (SSSR count). The molecular formula is C12H19N3O3. The van der Waals surface area contributed by atoms with Crippen LogP contribution in [0.5, 0.6) is 0 Å². The first kappa shape index (κ1) is 12.1. The lowest BCUT2D eigenvalue weighted by Gasteiger charge is -2.22. The zero-order valence-electron chi connectivity index (χ0n) is 10.6. The Kier molecular flexibility index (Phi) is 3.58. The van der Waals surface area contributed by atoms with Gasteiger partial charge < -0.3 is 19.3 Å². The Morgan fingerprint density at radius 1 is 1.50 bits per heavy atom. The van der Waals surface area contributed by atoms with Gasteiger partial charge in [-0.25, -0.2) is 0 Å². The van der Waals surface area contributed by atoms with Gasteiger partial charge in [0.1, 0.15) is 6.10 Å². The Morgan fingerprint density at radius 3 is 3.06 bits per heavy atom. The van der Waals surface area contributed by atoms with E-state index in [1.165, 1.54) is 12.8 Å². The highest BCUT2D eigenvalue weighted by molar-refractivity contribution is 4.99. The maximum atomic E-state index is 5.44. The van der Waals surface area contributed by atoms with Crippen molar-refractivity contribution in [1.82, 2.24) is 15.5 Å². The van der Waals surface area contributed by atoms with Gasteiger partial charge in [-0.2, -0.15) is 4.98 Å². The SMILES string of the molecule is COC(c1noc(CC2COCCN2)n1)C1CC1. The molecule has 2 heterocycles. The summed E-state index contributed by atoms with van der Waals surface area (Å²) in [6.07, 6.45) is 3.10. The molecular weight excluding hydrogens is 234 g/mol. The lowest BCUT2D eigenvalue weighted by atomic mass is 10.2. The fourth-order valence-electron chi connectivity index (χ4n) is 2.34. The van der Waals surface area contributed by atoms with E-state index in [4.69, 9.17) is 14.0 Å². The lowest BCUT2D eigenvalue weighted by Crippen LogP contribution is -2.42. The standard InChI is InChI=1S/C12H19N3O3/c1-16-11(8-2-3-8)12-14-10(18-15-12)6-9-7-17-5-4-13-9/h8-9,11,13H,2-7H2,1H3. The number of aromatic nitrogens is 2. The average molecular weight is 253 g/mol. The van der Waals surface area contributed by atoms with Crippen LogP contribution in [0.1, 0.15) is 30.7 Å². The third-order valence-corrected chi connectivity index (χ3v) is 3.46. The van der Waals surface area contributed by atoms with Crippen LogP contribution in [-0.4, -0.2) is 43.1 Å². The number of nitrogens with zero attached hydrogens (tertiary/aromatic N) is 2. The highest BCUT2D eigenvalue weighted by Crippen LogP contribution is 2.41. The minimum absolute atomic E-state index is 0.00179. The van der Waals surface area contributed by atoms with Crippen LogP contribution in [0, 0.1) is 5.92 Å². The molecule has 6 heteroatoms. The van der Waals surface area contributed by atoms with Crippen LogP contribution in [0.25, 0.3) is 0 Å². The number of hydrogen-bond donors (Lipinski definition) is 1. The van der Waals surface area contributed by atoms with E-state index in [9.17, 15) is 0 Å². The quantitative estimate of drug-likeness (QED) is 0.833. The van der Waals surface area contributed by atoms with Crippen molar-refractivity contribution in [3.8, 4) is 0 Å². The van der Waals surface area contributed by atoms with Gasteiger partial charge in [0.25, 0.3) is 0 Å². The Balaban J connectivity index is 1.61. The van der Waals surface area contributed by atoms with Crippen molar-refractivity contribution in [3.05, 3.63) is 11.7 Å². The molecule has 1 aliphatic heterocycles. The van der Waals surface area contributed by atoms with Crippen LogP contribution >= 0.6 is 0 Å². The molecule has 0 radical (unpaired) electrons. The monoisotopic (exact) mass is 253 g/mol. The van der Waals surface area contributed by atoms with E-state index in [2.05, 4.69) is 15.5 Å². The molecule has 1 saturated heterocycles. The number of morpholine rings is 1. The molecule has 0 spiro atoms. The van der Waals surface area contributed by atoms with Crippen molar-refractivity contribution in [1.29, 1.82) is 0 Å². The smallest absolute Gasteiger partial charge is 0.228 e. The van der Waals surface area contributed by atoms with Crippen molar-refractivity contribution in [2.24, 2.45) is 5.92 Å². The van der Waals surface area contributed by atoms with Gasteiger partial charge in [-0.3, -0.25) is 0 Å². The zero-order chi connectivity index (χ0) is 12.4. The molecule has 0 amide bonds. The van der Waals surface area contributed by atoms with E-state index in [0.717, 1.165) is 13.2 Å². The molecule has 1 saturated carbocycles. The zero-order valence-corrected chi connectivity index (χ0v) is 10.6. The largest absolute Gasteiger partial charge is 0.378 e. The van der Waals surface area contributed by atoms with E-state index in [1.807, 2.05) is 0 Å². The van der Waals surface area contributed by atoms with Crippen LogP contribution in [0.3, 0.4) is 0 Å². The minimum Gasteiger partial charge on any atom is -0.378 e. The minimum atomic E-state index is -0.00179. The molecule has 1 N–H and O–H groups in total. The summed E-state index contributed by atoms with van der Waals surface area (Å²) in [5.74, 6) is 1.92. The van der Waals surface area contributed by atoms with Crippen molar-refractivity contribution < 1.29 is 14.0 Å². The normalized spacial score (nSPS) is 26.2. The van der Waals surface area contributed by atoms with Gasteiger partial charge in [0, 0.05) is 26.1 Å². The van der Waals surface area contributed by atoms with Crippen LogP contribution < -0.4 is 5.32 Å². The number of methoxy groups -OCH3 is 1. The second-order valence-corrected chi connectivity index (χ2v) is 4.97. The van der Waals surface area contributed by atoms with Gasteiger partial charge in [-0.1, -0.05) is 5.16 Å². The van der Waals surface area contributed by atoms with Crippen molar-refractivity contribution in [3.63, 3.8) is 0 Å². The topological polar surface area (TPSA) is 69.4 Å². The lowest BCUT2D eigenvalue weighted by molar-refractivity contribution is 0.0739. The molecule has 100 valence electrons. The molecule has 0 bridgehead atoms. The number of rotatable bonds is 5. The molecule has 2 atom stereocenters. The molecule has 1 aromatic heterocycles. The molecule has 6 nitrogen and oxygen atoms in total. The summed E-state index contributed by atoms with van der Waals surface area (Å²) in [5, 5.41) is 7.41. The Hall–Kier alpha value is -0.980. The van der Waals surface area contributed by atoms with Crippen LogP contribution in [-0.2, 0) is 15.9 Å². The van der Waals surface area contributed by atoms with Gasteiger partial charge in [-0.15, -0.1) is 0 Å². The maximum Gasteiger partial charge on any atom is 0.228 e. The highest BCUT2D eigenvalue weighted by atomic mass is 16.5. The molecule has 2 unspecified atom stereocenters. The van der Waals surface area contributed by atoms with E-state index in [1.54, 1.807) is 7.11 Å². The van der Waals surface area contributed by atoms with E-state index in [-0.39, 0.29) is 12.1 Å². The maximum absolute atomic E-state index is 5.44. The number of hydrogen-bond acceptors (Lipinski definition) is 6. The first-order valence-electron chi connectivity index (χ1n) is 6.53.